The lowest BCUT2D eigenvalue weighted by atomic mass is 10.1. The first-order valence-corrected chi connectivity index (χ1v) is 12.2. The molecule has 0 saturated carbocycles. The number of rotatable bonds is 4. The van der Waals surface area contributed by atoms with Crippen molar-refractivity contribution in [3.05, 3.63) is 94.5 Å². The van der Waals surface area contributed by atoms with Crippen LogP contribution >= 0.6 is 27.7 Å². The van der Waals surface area contributed by atoms with Gasteiger partial charge in [-0.25, -0.2) is 17.7 Å². The molecule has 1 heterocycles. The van der Waals surface area contributed by atoms with Gasteiger partial charge in [-0.1, -0.05) is 75.7 Å². The normalized spacial score (nSPS) is 18.3. The Kier molecular flexibility index (Phi) is 5.81. The number of aryl methyl sites for hydroxylation is 1. The SMILES string of the molecule is Cc1ccc(S(=O)(=O)N2C[C@@H](c3ccc(Br)cc3)SC2=Nc2ccccc2)cc1. The van der Waals surface area contributed by atoms with Crippen LogP contribution in [0.4, 0.5) is 5.69 Å². The van der Waals surface area contributed by atoms with Crippen LogP contribution < -0.4 is 0 Å². The number of thioether (sulfide) groups is 1. The Balaban J connectivity index is 1.74. The van der Waals surface area contributed by atoms with Gasteiger partial charge in [0.1, 0.15) is 0 Å². The van der Waals surface area contributed by atoms with Crippen molar-refractivity contribution in [2.45, 2.75) is 17.1 Å². The lowest BCUT2D eigenvalue weighted by molar-refractivity contribution is 0.529. The van der Waals surface area contributed by atoms with E-state index in [1.807, 2.05) is 73.7 Å². The quantitative estimate of drug-likeness (QED) is 0.459. The maximum absolute atomic E-state index is 13.4. The molecule has 0 N–H and O–H groups in total. The van der Waals surface area contributed by atoms with Crippen molar-refractivity contribution < 1.29 is 8.42 Å². The van der Waals surface area contributed by atoms with E-state index in [0.29, 0.717) is 11.7 Å². The summed E-state index contributed by atoms with van der Waals surface area (Å²) in [6.07, 6.45) is 0. The summed E-state index contributed by atoms with van der Waals surface area (Å²) in [6, 6.07) is 24.4. The summed E-state index contributed by atoms with van der Waals surface area (Å²) < 4.78 is 29.2. The molecule has 0 spiro atoms. The van der Waals surface area contributed by atoms with Gasteiger partial charge in [0.15, 0.2) is 5.17 Å². The third kappa shape index (κ3) is 4.42. The molecule has 1 saturated heterocycles. The van der Waals surface area contributed by atoms with Gasteiger partial charge < -0.3 is 0 Å². The fraction of sp³-hybridized carbons (Fsp3) is 0.136. The van der Waals surface area contributed by atoms with E-state index in [-0.39, 0.29) is 10.1 Å². The summed E-state index contributed by atoms with van der Waals surface area (Å²) in [5.74, 6) is 0. The zero-order valence-corrected chi connectivity index (χ0v) is 18.9. The molecule has 3 aromatic carbocycles. The second kappa shape index (κ2) is 8.34. The molecule has 1 aliphatic rings. The van der Waals surface area contributed by atoms with Gasteiger partial charge in [0.25, 0.3) is 10.0 Å². The highest BCUT2D eigenvalue weighted by Gasteiger charge is 2.38. The van der Waals surface area contributed by atoms with E-state index in [1.54, 1.807) is 12.1 Å². The first kappa shape index (κ1) is 20.2. The van der Waals surface area contributed by atoms with E-state index < -0.39 is 10.0 Å². The van der Waals surface area contributed by atoms with Crippen molar-refractivity contribution in [3.8, 4) is 0 Å². The summed E-state index contributed by atoms with van der Waals surface area (Å²) in [4.78, 5) is 4.94. The predicted octanol–water partition coefficient (Wildman–Crippen LogP) is 5.92. The van der Waals surface area contributed by atoms with Crippen LogP contribution in [0.2, 0.25) is 0 Å². The first-order valence-electron chi connectivity index (χ1n) is 9.09. The molecular formula is C22H19BrN2O2S2. The van der Waals surface area contributed by atoms with Crippen LogP contribution in [0.3, 0.4) is 0 Å². The van der Waals surface area contributed by atoms with Gasteiger partial charge in [0, 0.05) is 4.47 Å². The van der Waals surface area contributed by atoms with E-state index in [2.05, 4.69) is 20.9 Å². The zero-order chi connectivity index (χ0) is 20.4. The number of halogens is 1. The molecule has 148 valence electrons. The van der Waals surface area contributed by atoms with Crippen molar-refractivity contribution in [3.63, 3.8) is 0 Å². The molecule has 4 rings (SSSR count). The van der Waals surface area contributed by atoms with Gasteiger partial charge in [-0.15, -0.1) is 0 Å². The smallest absolute Gasteiger partial charge is 0.243 e. The highest BCUT2D eigenvalue weighted by atomic mass is 79.9. The van der Waals surface area contributed by atoms with Crippen LogP contribution in [0, 0.1) is 6.92 Å². The molecule has 0 amide bonds. The Morgan fingerprint density at radius 2 is 1.62 bits per heavy atom. The van der Waals surface area contributed by atoms with Gasteiger partial charge in [-0.2, -0.15) is 0 Å². The van der Waals surface area contributed by atoms with Gasteiger partial charge >= 0.3 is 0 Å². The number of amidine groups is 1. The van der Waals surface area contributed by atoms with Crippen molar-refractivity contribution in [2.75, 3.05) is 6.54 Å². The minimum Gasteiger partial charge on any atom is -0.243 e. The molecule has 0 bridgehead atoms. The highest BCUT2D eigenvalue weighted by Crippen LogP contribution is 2.42. The van der Waals surface area contributed by atoms with Crippen molar-refractivity contribution >= 4 is 48.6 Å². The van der Waals surface area contributed by atoms with E-state index >= 15 is 0 Å². The Morgan fingerprint density at radius 3 is 2.28 bits per heavy atom. The summed E-state index contributed by atoms with van der Waals surface area (Å²) >= 11 is 4.93. The third-order valence-corrected chi connectivity index (χ3v) is 8.27. The maximum Gasteiger partial charge on any atom is 0.265 e. The average Bonchev–Trinajstić information content (AvgIpc) is 3.14. The van der Waals surface area contributed by atoms with Crippen LogP contribution in [0.15, 0.2) is 93.2 Å². The van der Waals surface area contributed by atoms with Crippen molar-refractivity contribution in [2.24, 2.45) is 4.99 Å². The molecule has 29 heavy (non-hydrogen) atoms. The summed E-state index contributed by atoms with van der Waals surface area (Å²) in [5.41, 5.74) is 2.82. The minimum atomic E-state index is -3.70. The molecule has 0 aliphatic carbocycles. The monoisotopic (exact) mass is 486 g/mol. The van der Waals surface area contributed by atoms with E-state index in [4.69, 9.17) is 0 Å². The fourth-order valence-electron chi connectivity index (χ4n) is 3.04. The van der Waals surface area contributed by atoms with Gasteiger partial charge in [0.05, 0.1) is 22.4 Å². The lowest BCUT2D eigenvalue weighted by Gasteiger charge is -2.18. The van der Waals surface area contributed by atoms with Crippen molar-refractivity contribution in [1.29, 1.82) is 0 Å². The van der Waals surface area contributed by atoms with Crippen LogP contribution in [0.25, 0.3) is 0 Å². The topological polar surface area (TPSA) is 49.7 Å². The van der Waals surface area contributed by atoms with E-state index in [0.717, 1.165) is 21.3 Å². The van der Waals surface area contributed by atoms with Gasteiger partial charge in [0.2, 0.25) is 0 Å². The van der Waals surface area contributed by atoms with Crippen LogP contribution in [-0.4, -0.2) is 24.4 Å². The second-order valence-electron chi connectivity index (χ2n) is 6.74. The third-order valence-electron chi connectivity index (χ3n) is 4.62. The number of hydrogen-bond donors (Lipinski definition) is 0. The number of aliphatic imine (C=N–C) groups is 1. The summed E-state index contributed by atoms with van der Waals surface area (Å²) in [5, 5.41) is 0.468. The fourth-order valence-corrected chi connectivity index (χ4v) is 6.27. The first-order chi connectivity index (χ1) is 13.9. The van der Waals surface area contributed by atoms with E-state index in [1.165, 1.54) is 16.1 Å². The molecule has 1 atom stereocenters. The van der Waals surface area contributed by atoms with Crippen LogP contribution in [0.1, 0.15) is 16.4 Å². The number of hydrogen-bond acceptors (Lipinski definition) is 4. The standard InChI is InChI=1S/C22H19BrN2O2S2/c1-16-7-13-20(14-8-16)29(26,27)25-15-21(17-9-11-18(23)12-10-17)28-22(25)24-19-5-3-2-4-6-19/h2-14,21H,15H2,1H3/t21-/m0/s1. The molecule has 7 heteroatoms. The number of sulfonamides is 1. The zero-order valence-electron chi connectivity index (χ0n) is 15.7. The molecule has 1 fully saturated rings. The molecule has 0 radical (unpaired) electrons. The molecular weight excluding hydrogens is 468 g/mol. The Morgan fingerprint density at radius 1 is 0.966 bits per heavy atom. The predicted molar refractivity (Wildman–Crippen MR) is 123 cm³/mol. The highest BCUT2D eigenvalue weighted by molar-refractivity contribution is 9.10. The lowest BCUT2D eigenvalue weighted by Crippen LogP contribution is -2.32. The molecule has 0 unspecified atom stereocenters. The minimum absolute atomic E-state index is 0.0224. The molecule has 1 aliphatic heterocycles. The number of nitrogens with zero attached hydrogens (tertiary/aromatic N) is 2. The molecule has 3 aromatic rings. The Hall–Kier alpha value is -2.09. The second-order valence-corrected chi connectivity index (χ2v) is 10.7. The number of para-hydroxylation sites is 1. The Bertz CT molecular complexity index is 1130. The Labute approximate surface area is 183 Å². The summed E-state index contributed by atoms with van der Waals surface area (Å²) in [7, 11) is -3.70. The summed E-state index contributed by atoms with van der Waals surface area (Å²) in [6.45, 7) is 2.28. The van der Waals surface area contributed by atoms with Crippen molar-refractivity contribution in [1.82, 2.24) is 4.31 Å². The molecule has 4 nitrogen and oxygen atoms in total. The van der Waals surface area contributed by atoms with Gasteiger partial charge in [-0.05, 0) is 48.9 Å². The number of benzene rings is 3. The largest absolute Gasteiger partial charge is 0.265 e. The maximum atomic E-state index is 13.4. The average molecular weight is 487 g/mol. The molecule has 0 aromatic heterocycles. The van der Waals surface area contributed by atoms with Gasteiger partial charge in [-0.3, -0.25) is 0 Å². The van der Waals surface area contributed by atoms with Crippen LogP contribution in [0.5, 0.6) is 0 Å². The van der Waals surface area contributed by atoms with Crippen LogP contribution in [-0.2, 0) is 10.0 Å². The van der Waals surface area contributed by atoms with E-state index in [9.17, 15) is 8.42 Å².